The van der Waals surface area contributed by atoms with E-state index in [0.717, 1.165) is 27.6 Å². The first-order valence-corrected chi connectivity index (χ1v) is 7.73. The number of benzene rings is 2. The average molecular weight is 359 g/mol. The summed E-state index contributed by atoms with van der Waals surface area (Å²) >= 11 is 3.50. The van der Waals surface area contributed by atoms with E-state index < -0.39 is 0 Å². The number of rotatable bonds is 4. The number of hydrogen-bond donors (Lipinski definition) is 3. The smallest absolute Gasteiger partial charge is 0.319 e. The minimum atomic E-state index is -0.217. The van der Waals surface area contributed by atoms with Gasteiger partial charge in [0.2, 0.25) is 0 Å². The molecule has 0 fully saturated rings. The number of imidazole rings is 1. The van der Waals surface area contributed by atoms with Crippen molar-refractivity contribution in [3.05, 3.63) is 58.8 Å². The third-order valence-electron chi connectivity index (χ3n) is 3.32. The van der Waals surface area contributed by atoms with Crippen LogP contribution in [0, 0.1) is 0 Å². The first-order valence-electron chi connectivity index (χ1n) is 6.94. The molecule has 2 amide bonds. The number of halogens is 1. The molecule has 3 N–H and O–H groups in total. The van der Waals surface area contributed by atoms with Crippen molar-refractivity contribution in [1.82, 2.24) is 15.3 Å². The number of aromatic amines is 1. The lowest BCUT2D eigenvalue weighted by Gasteiger charge is -2.08. The summed E-state index contributed by atoms with van der Waals surface area (Å²) in [5.41, 5.74) is 3.67. The predicted octanol–water partition coefficient (Wildman–Crippen LogP) is 3.69. The molecular formula is C16H15BrN4O. The molecule has 112 valence electrons. The summed E-state index contributed by atoms with van der Waals surface area (Å²) in [6, 6.07) is 13.3. The van der Waals surface area contributed by atoms with Crippen LogP contribution in [0.1, 0.15) is 5.56 Å². The van der Waals surface area contributed by atoms with Gasteiger partial charge >= 0.3 is 6.03 Å². The van der Waals surface area contributed by atoms with Crippen LogP contribution < -0.4 is 10.6 Å². The molecule has 0 atom stereocenters. The molecule has 1 heterocycles. The summed E-state index contributed by atoms with van der Waals surface area (Å²) in [5.74, 6) is 0. The number of aromatic nitrogens is 2. The Labute approximate surface area is 136 Å². The molecule has 0 spiro atoms. The molecule has 2 aromatic carbocycles. The predicted molar refractivity (Wildman–Crippen MR) is 91.0 cm³/mol. The minimum absolute atomic E-state index is 0.217. The fourth-order valence-corrected chi connectivity index (χ4v) is 2.68. The summed E-state index contributed by atoms with van der Waals surface area (Å²) in [4.78, 5) is 19.1. The molecule has 22 heavy (non-hydrogen) atoms. The van der Waals surface area contributed by atoms with Gasteiger partial charge in [0.1, 0.15) is 0 Å². The third kappa shape index (κ3) is 3.46. The first kappa shape index (κ1) is 14.6. The molecule has 1 aromatic heterocycles. The van der Waals surface area contributed by atoms with Gasteiger partial charge in [-0.1, -0.05) is 34.1 Å². The van der Waals surface area contributed by atoms with Gasteiger partial charge in [0.05, 0.1) is 17.4 Å². The quantitative estimate of drug-likeness (QED) is 0.665. The van der Waals surface area contributed by atoms with Crippen molar-refractivity contribution < 1.29 is 4.79 Å². The lowest BCUT2D eigenvalue weighted by atomic mass is 10.1. The van der Waals surface area contributed by atoms with E-state index >= 15 is 0 Å². The second-order valence-electron chi connectivity index (χ2n) is 4.86. The number of nitrogens with zero attached hydrogens (tertiary/aromatic N) is 1. The van der Waals surface area contributed by atoms with Crippen LogP contribution in [-0.2, 0) is 6.42 Å². The largest absolute Gasteiger partial charge is 0.345 e. The monoisotopic (exact) mass is 358 g/mol. The lowest BCUT2D eigenvalue weighted by Crippen LogP contribution is -2.30. The maximum Gasteiger partial charge on any atom is 0.319 e. The van der Waals surface area contributed by atoms with E-state index in [-0.39, 0.29) is 6.03 Å². The highest BCUT2D eigenvalue weighted by atomic mass is 79.9. The van der Waals surface area contributed by atoms with Crippen LogP contribution in [0.4, 0.5) is 10.5 Å². The molecule has 0 saturated carbocycles. The van der Waals surface area contributed by atoms with Crippen molar-refractivity contribution in [3.8, 4) is 0 Å². The van der Waals surface area contributed by atoms with Gasteiger partial charge in [0.15, 0.2) is 0 Å². The van der Waals surface area contributed by atoms with Gasteiger partial charge in [0, 0.05) is 16.7 Å². The Bertz CT molecular complexity index is 799. The van der Waals surface area contributed by atoms with Gasteiger partial charge in [-0.15, -0.1) is 0 Å². The lowest BCUT2D eigenvalue weighted by molar-refractivity contribution is 0.252. The van der Waals surface area contributed by atoms with Crippen molar-refractivity contribution in [2.45, 2.75) is 6.42 Å². The Morgan fingerprint density at radius 2 is 2.09 bits per heavy atom. The fraction of sp³-hybridized carbons (Fsp3) is 0.125. The molecule has 0 aliphatic rings. The van der Waals surface area contributed by atoms with Crippen LogP contribution in [-0.4, -0.2) is 22.5 Å². The van der Waals surface area contributed by atoms with Gasteiger partial charge in [-0.05, 0) is 36.2 Å². The van der Waals surface area contributed by atoms with Crippen molar-refractivity contribution >= 4 is 38.7 Å². The topological polar surface area (TPSA) is 69.8 Å². The average Bonchev–Trinajstić information content (AvgIpc) is 2.97. The van der Waals surface area contributed by atoms with Gasteiger partial charge in [-0.3, -0.25) is 0 Å². The summed E-state index contributed by atoms with van der Waals surface area (Å²) in [7, 11) is 0. The van der Waals surface area contributed by atoms with Gasteiger partial charge in [-0.25, -0.2) is 9.78 Å². The maximum atomic E-state index is 11.9. The SMILES string of the molecule is O=C(NCCc1ccccc1Br)Nc1ccc2nc[nH]c2c1. The van der Waals surface area contributed by atoms with Crippen LogP contribution in [0.3, 0.4) is 0 Å². The maximum absolute atomic E-state index is 11.9. The number of nitrogens with one attached hydrogen (secondary N) is 3. The zero-order chi connectivity index (χ0) is 15.4. The Morgan fingerprint density at radius 1 is 1.23 bits per heavy atom. The van der Waals surface area contributed by atoms with Crippen LogP contribution in [0.2, 0.25) is 0 Å². The van der Waals surface area contributed by atoms with Crippen molar-refractivity contribution in [2.24, 2.45) is 0 Å². The molecule has 3 rings (SSSR count). The molecule has 0 radical (unpaired) electrons. The number of carbonyl (C=O) groups is 1. The van der Waals surface area contributed by atoms with Gasteiger partial charge in [0.25, 0.3) is 0 Å². The second kappa shape index (κ2) is 6.62. The Morgan fingerprint density at radius 3 is 2.95 bits per heavy atom. The summed E-state index contributed by atoms with van der Waals surface area (Å²) in [5, 5.41) is 5.67. The van der Waals surface area contributed by atoms with E-state index in [2.05, 4.69) is 36.5 Å². The van der Waals surface area contributed by atoms with E-state index in [1.54, 1.807) is 6.33 Å². The molecule has 3 aromatic rings. The number of amides is 2. The molecular weight excluding hydrogens is 344 g/mol. The molecule has 0 unspecified atom stereocenters. The van der Waals surface area contributed by atoms with Crippen LogP contribution >= 0.6 is 15.9 Å². The minimum Gasteiger partial charge on any atom is -0.345 e. The van der Waals surface area contributed by atoms with Crippen LogP contribution in [0.25, 0.3) is 11.0 Å². The normalized spacial score (nSPS) is 10.6. The molecule has 5 nitrogen and oxygen atoms in total. The van der Waals surface area contributed by atoms with Crippen molar-refractivity contribution in [2.75, 3.05) is 11.9 Å². The number of anilines is 1. The van der Waals surface area contributed by atoms with Crippen LogP contribution in [0.15, 0.2) is 53.3 Å². The van der Waals surface area contributed by atoms with Crippen molar-refractivity contribution in [1.29, 1.82) is 0 Å². The summed E-state index contributed by atoms with van der Waals surface area (Å²) in [6.07, 6.45) is 2.40. The molecule has 0 aliphatic heterocycles. The number of hydrogen-bond acceptors (Lipinski definition) is 2. The van der Waals surface area contributed by atoms with E-state index in [1.165, 1.54) is 5.56 Å². The highest BCUT2D eigenvalue weighted by molar-refractivity contribution is 9.10. The van der Waals surface area contributed by atoms with E-state index in [0.29, 0.717) is 6.54 Å². The molecule has 0 bridgehead atoms. The number of H-pyrrole nitrogens is 1. The van der Waals surface area contributed by atoms with E-state index in [1.807, 2.05) is 42.5 Å². The van der Waals surface area contributed by atoms with E-state index in [9.17, 15) is 4.79 Å². The number of urea groups is 1. The van der Waals surface area contributed by atoms with E-state index in [4.69, 9.17) is 0 Å². The Hall–Kier alpha value is -2.34. The second-order valence-corrected chi connectivity index (χ2v) is 5.71. The van der Waals surface area contributed by atoms with Gasteiger partial charge in [-0.2, -0.15) is 0 Å². The Kier molecular flexibility index (Phi) is 4.39. The molecule has 0 saturated heterocycles. The molecule has 6 heteroatoms. The van der Waals surface area contributed by atoms with Crippen LogP contribution in [0.5, 0.6) is 0 Å². The standard InChI is InChI=1S/C16H15BrN4O/c17-13-4-2-1-3-11(13)7-8-18-16(22)21-12-5-6-14-15(9-12)20-10-19-14/h1-6,9-10H,7-8H2,(H,19,20)(H2,18,21,22). The zero-order valence-corrected chi connectivity index (χ0v) is 13.4. The summed E-state index contributed by atoms with van der Waals surface area (Å²) in [6.45, 7) is 0.570. The zero-order valence-electron chi connectivity index (χ0n) is 11.8. The highest BCUT2D eigenvalue weighted by Crippen LogP contribution is 2.16. The number of carbonyl (C=O) groups excluding carboxylic acids is 1. The highest BCUT2D eigenvalue weighted by Gasteiger charge is 2.04. The first-order chi connectivity index (χ1) is 10.7. The summed E-state index contributed by atoms with van der Waals surface area (Å²) < 4.78 is 1.06. The molecule has 0 aliphatic carbocycles. The third-order valence-corrected chi connectivity index (χ3v) is 4.09. The number of fused-ring (bicyclic) bond motifs is 1. The van der Waals surface area contributed by atoms with Gasteiger partial charge < -0.3 is 15.6 Å². The Balaban J connectivity index is 1.53. The van der Waals surface area contributed by atoms with Crippen molar-refractivity contribution in [3.63, 3.8) is 0 Å². The fourth-order valence-electron chi connectivity index (χ4n) is 2.20.